The van der Waals surface area contributed by atoms with Crippen LogP contribution < -0.4 is 5.32 Å². The fourth-order valence-corrected chi connectivity index (χ4v) is 2.28. The molecular weight excluding hydrogens is 278 g/mol. The molecule has 0 spiro atoms. The molecule has 1 atom stereocenters. The Balaban J connectivity index is 2.17. The van der Waals surface area contributed by atoms with E-state index in [1.165, 1.54) is 7.11 Å². The highest BCUT2D eigenvalue weighted by Gasteiger charge is 2.25. The Hall–Kier alpha value is -1.81. The summed E-state index contributed by atoms with van der Waals surface area (Å²) in [5, 5.41) is 3.29. The van der Waals surface area contributed by atoms with Crippen LogP contribution in [0.3, 0.4) is 0 Å². The van der Waals surface area contributed by atoms with E-state index in [1.807, 2.05) is 6.08 Å². The van der Waals surface area contributed by atoms with Gasteiger partial charge in [-0.3, -0.25) is 4.79 Å². The lowest BCUT2D eigenvalue weighted by molar-refractivity contribution is -0.144. The number of rotatable bonds is 4. The number of carbonyl (C=O) groups is 2. The van der Waals surface area contributed by atoms with Gasteiger partial charge in [-0.2, -0.15) is 0 Å². The average Bonchev–Trinajstić information content (AvgIpc) is 2.99. The first-order valence-electron chi connectivity index (χ1n) is 6.45. The Morgan fingerprint density at radius 3 is 2.55 bits per heavy atom. The van der Waals surface area contributed by atoms with Crippen molar-refractivity contribution in [2.75, 3.05) is 7.11 Å². The van der Waals surface area contributed by atoms with Crippen LogP contribution in [-0.4, -0.2) is 19.0 Å². The molecule has 106 valence electrons. The van der Waals surface area contributed by atoms with Crippen molar-refractivity contribution in [3.63, 3.8) is 0 Å². The zero-order valence-corrected chi connectivity index (χ0v) is 11.9. The van der Waals surface area contributed by atoms with Gasteiger partial charge in [0.15, 0.2) is 6.04 Å². The molecule has 0 saturated heterocycles. The Bertz CT molecular complexity index is 537. The predicted octanol–water partition coefficient (Wildman–Crippen LogP) is 2.78. The lowest BCUT2D eigenvalue weighted by Gasteiger charge is -2.17. The summed E-state index contributed by atoms with van der Waals surface area (Å²) < 4.78 is 4.75. The Kier molecular flexibility index (Phi) is 4.79. The summed E-state index contributed by atoms with van der Waals surface area (Å²) >= 11 is 5.83. The molecule has 0 heterocycles. The van der Waals surface area contributed by atoms with Crippen LogP contribution in [0.15, 0.2) is 35.9 Å². The molecule has 0 aliphatic heterocycles. The number of halogens is 1. The van der Waals surface area contributed by atoms with E-state index in [1.54, 1.807) is 24.3 Å². The molecule has 0 bridgehead atoms. The molecule has 20 heavy (non-hydrogen) atoms. The third-order valence-electron chi connectivity index (χ3n) is 3.25. The molecule has 1 N–H and O–H groups in total. The van der Waals surface area contributed by atoms with Gasteiger partial charge in [0.25, 0.3) is 0 Å². The minimum absolute atomic E-state index is 0.215. The Morgan fingerprint density at radius 2 is 2.00 bits per heavy atom. The molecule has 0 radical (unpaired) electrons. The van der Waals surface area contributed by atoms with Gasteiger partial charge in [-0.25, -0.2) is 4.79 Å². The Morgan fingerprint density at radius 1 is 1.30 bits per heavy atom. The monoisotopic (exact) mass is 293 g/mol. The molecule has 0 unspecified atom stereocenters. The third kappa shape index (κ3) is 3.39. The van der Waals surface area contributed by atoms with Gasteiger partial charge in [0, 0.05) is 10.6 Å². The summed E-state index contributed by atoms with van der Waals surface area (Å²) in [6, 6.07) is 5.94. The third-order valence-corrected chi connectivity index (χ3v) is 3.50. The van der Waals surface area contributed by atoms with Gasteiger partial charge in [-0.05, 0) is 37.0 Å². The number of esters is 1. The highest BCUT2D eigenvalue weighted by atomic mass is 35.5. The minimum atomic E-state index is -0.814. The van der Waals surface area contributed by atoms with Crippen molar-refractivity contribution in [1.29, 1.82) is 0 Å². The highest BCUT2D eigenvalue weighted by Crippen LogP contribution is 2.21. The van der Waals surface area contributed by atoms with Crippen LogP contribution >= 0.6 is 11.6 Å². The van der Waals surface area contributed by atoms with Crippen LogP contribution in [0, 0.1) is 0 Å². The molecule has 0 saturated carbocycles. The average molecular weight is 294 g/mol. The summed E-state index contributed by atoms with van der Waals surface area (Å²) in [5.74, 6) is -0.716. The highest BCUT2D eigenvalue weighted by molar-refractivity contribution is 6.30. The van der Waals surface area contributed by atoms with E-state index in [9.17, 15) is 9.59 Å². The van der Waals surface area contributed by atoms with Crippen molar-refractivity contribution >= 4 is 23.5 Å². The van der Waals surface area contributed by atoms with Crippen molar-refractivity contribution in [2.45, 2.75) is 25.3 Å². The summed E-state index contributed by atoms with van der Waals surface area (Å²) in [7, 11) is 1.30. The summed E-state index contributed by atoms with van der Waals surface area (Å²) in [6.07, 6.45) is 4.55. The minimum Gasteiger partial charge on any atom is -0.467 e. The molecule has 1 aromatic rings. The van der Waals surface area contributed by atoms with Crippen molar-refractivity contribution in [2.24, 2.45) is 0 Å². The second-order valence-corrected chi connectivity index (χ2v) is 5.04. The van der Waals surface area contributed by atoms with Crippen LogP contribution in [0.1, 0.15) is 30.9 Å². The van der Waals surface area contributed by atoms with E-state index in [2.05, 4.69) is 5.32 Å². The number of benzene rings is 1. The number of amides is 1. The van der Waals surface area contributed by atoms with Gasteiger partial charge in [-0.1, -0.05) is 29.8 Å². The van der Waals surface area contributed by atoms with Crippen LogP contribution in [0.4, 0.5) is 0 Å². The summed E-state index contributed by atoms with van der Waals surface area (Å²) in [5.41, 5.74) is 1.38. The normalized spacial score (nSPS) is 15.4. The number of carbonyl (C=O) groups excluding carboxylic acids is 2. The second kappa shape index (κ2) is 6.57. The van der Waals surface area contributed by atoms with Crippen LogP contribution in [0.5, 0.6) is 0 Å². The van der Waals surface area contributed by atoms with Gasteiger partial charge in [0.2, 0.25) is 5.91 Å². The van der Waals surface area contributed by atoms with Crippen molar-refractivity contribution in [1.82, 2.24) is 5.32 Å². The molecule has 1 aliphatic rings. The molecule has 0 fully saturated rings. The number of hydrogen-bond acceptors (Lipinski definition) is 3. The van der Waals surface area contributed by atoms with E-state index in [4.69, 9.17) is 16.3 Å². The molecule has 1 aromatic carbocycles. The lowest BCUT2D eigenvalue weighted by Crippen LogP contribution is -2.35. The molecule has 0 aromatic heterocycles. The number of allylic oxidation sites excluding steroid dienone is 1. The zero-order chi connectivity index (χ0) is 14.5. The molecule has 4 nitrogen and oxygen atoms in total. The van der Waals surface area contributed by atoms with E-state index in [0.717, 1.165) is 24.8 Å². The molecule has 5 heteroatoms. The quantitative estimate of drug-likeness (QED) is 0.869. The summed E-state index contributed by atoms with van der Waals surface area (Å²) in [4.78, 5) is 24.0. The maximum absolute atomic E-state index is 12.1. The molecule has 1 aliphatic carbocycles. The van der Waals surface area contributed by atoms with Crippen molar-refractivity contribution < 1.29 is 14.3 Å². The smallest absolute Gasteiger partial charge is 0.333 e. The van der Waals surface area contributed by atoms with Crippen molar-refractivity contribution in [3.8, 4) is 0 Å². The lowest BCUT2D eigenvalue weighted by atomic mass is 10.1. The fraction of sp³-hybridized carbons (Fsp3) is 0.333. The number of nitrogens with one attached hydrogen (secondary N) is 1. The number of ether oxygens (including phenoxy) is 1. The van der Waals surface area contributed by atoms with Gasteiger partial charge in [0.1, 0.15) is 0 Å². The maximum Gasteiger partial charge on any atom is 0.333 e. The van der Waals surface area contributed by atoms with Gasteiger partial charge in [0.05, 0.1) is 7.11 Å². The van der Waals surface area contributed by atoms with E-state index in [0.29, 0.717) is 10.6 Å². The van der Waals surface area contributed by atoms with Crippen molar-refractivity contribution in [3.05, 3.63) is 46.5 Å². The topological polar surface area (TPSA) is 55.4 Å². The molecule has 2 rings (SSSR count). The maximum atomic E-state index is 12.1. The summed E-state index contributed by atoms with van der Waals surface area (Å²) in [6.45, 7) is 0. The fourth-order valence-electron chi connectivity index (χ4n) is 2.15. The zero-order valence-electron chi connectivity index (χ0n) is 11.2. The van der Waals surface area contributed by atoms with Gasteiger partial charge >= 0.3 is 5.97 Å². The van der Waals surface area contributed by atoms with E-state index < -0.39 is 12.0 Å². The Labute approximate surface area is 122 Å². The SMILES string of the molecule is COC(=O)[C@@H](NC(=O)C1=CCCC1)c1ccc(Cl)cc1. The standard InChI is InChI=1S/C15H16ClNO3/c1-20-15(19)13(10-6-8-12(16)9-7-10)17-14(18)11-4-2-3-5-11/h4,6-9,13H,2-3,5H2,1H3,(H,17,18)/t13-/m0/s1. The van der Waals surface area contributed by atoms with Gasteiger partial charge in [-0.15, -0.1) is 0 Å². The first-order valence-corrected chi connectivity index (χ1v) is 6.83. The predicted molar refractivity (Wildman–Crippen MR) is 76.3 cm³/mol. The first kappa shape index (κ1) is 14.6. The van der Waals surface area contributed by atoms with Gasteiger partial charge < -0.3 is 10.1 Å². The van der Waals surface area contributed by atoms with Crippen LogP contribution in [0.25, 0.3) is 0 Å². The molecular formula is C15H16ClNO3. The van der Waals surface area contributed by atoms with Crippen LogP contribution in [-0.2, 0) is 14.3 Å². The van der Waals surface area contributed by atoms with Crippen LogP contribution in [0.2, 0.25) is 5.02 Å². The first-order chi connectivity index (χ1) is 9.61. The number of methoxy groups -OCH3 is 1. The molecule has 1 amide bonds. The number of hydrogen-bond donors (Lipinski definition) is 1. The van der Waals surface area contributed by atoms with E-state index in [-0.39, 0.29) is 5.91 Å². The van der Waals surface area contributed by atoms with E-state index >= 15 is 0 Å². The second-order valence-electron chi connectivity index (χ2n) is 4.60. The largest absolute Gasteiger partial charge is 0.467 e.